The fraction of sp³-hybridized carbons (Fsp3) is 0.611. The van der Waals surface area contributed by atoms with Gasteiger partial charge in [0.2, 0.25) is 0 Å². The molecule has 0 N–H and O–H groups in total. The second-order valence-electron chi connectivity index (χ2n) is 7.75. The van der Waals surface area contributed by atoms with Gasteiger partial charge in [0.05, 0.1) is 6.10 Å². The first kappa shape index (κ1) is 20.7. The van der Waals surface area contributed by atoms with Crippen molar-refractivity contribution in [3.63, 3.8) is 0 Å². The van der Waals surface area contributed by atoms with Crippen molar-refractivity contribution in [2.24, 2.45) is 5.92 Å². The fourth-order valence-corrected chi connectivity index (χ4v) is 3.81. The first-order chi connectivity index (χ1) is 10.3. The Morgan fingerprint density at radius 3 is 1.96 bits per heavy atom. The molecule has 0 unspecified atom stereocenters. The SMILES string of the molecule is C[C@@H](C(=O)C(C)(Cl)Cl)[C@H](O[Si](C)(C)C(C)(C)C)c1ccccc1. The highest BCUT2D eigenvalue weighted by Crippen LogP contribution is 2.43. The number of ketones is 1. The minimum Gasteiger partial charge on any atom is -0.409 e. The molecule has 0 spiro atoms. The number of halogens is 2. The number of Topliss-reactive ketones (excluding diaryl/α,β-unsaturated/α-hetero) is 1. The van der Waals surface area contributed by atoms with Gasteiger partial charge in [0.1, 0.15) is 0 Å². The van der Waals surface area contributed by atoms with E-state index in [4.69, 9.17) is 27.6 Å². The van der Waals surface area contributed by atoms with E-state index in [0.29, 0.717) is 0 Å². The highest BCUT2D eigenvalue weighted by molar-refractivity contribution is 6.74. The van der Waals surface area contributed by atoms with Gasteiger partial charge in [-0.3, -0.25) is 4.79 Å². The van der Waals surface area contributed by atoms with Crippen molar-refractivity contribution in [2.45, 2.75) is 63.2 Å². The largest absolute Gasteiger partial charge is 0.409 e. The summed E-state index contributed by atoms with van der Waals surface area (Å²) in [6.45, 7) is 14.3. The average Bonchev–Trinajstić information content (AvgIpc) is 2.42. The van der Waals surface area contributed by atoms with E-state index in [0.717, 1.165) is 5.56 Å². The Bertz CT molecular complexity index is 530. The molecule has 0 saturated carbocycles. The predicted molar refractivity (Wildman–Crippen MR) is 102 cm³/mol. The standard InChI is InChI=1S/C18H28Cl2O2Si/c1-13(16(21)18(5,19)20)15(14-11-9-8-10-12-14)22-23(6,7)17(2,3)4/h8-13,15H,1-7H3/t13-,15+/m1/s1. The average molecular weight is 375 g/mol. The third-order valence-corrected chi connectivity index (χ3v) is 9.48. The van der Waals surface area contributed by atoms with Crippen LogP contribution in [0.15, 0.2) is 30.3 Å². The van der Waals surface area contributed by atoms with E-state index in [1.807, 2.05) is 37.3 Å². The Kier molecular flexibility index (Phi) is 6.53. The second-order valence-corrected chi connectivity index (χ2v) is 14.2. The van der Waals surface area contributed by atoms with Gasteiger partial charge in [-0.25, -0.2) is 0 Å². The van der Waals surface area contributed by atoms with Crippen molar-refractivity contribution in [1.29, 1.82) is 0 Å². The maximum Gasteiger partial charge on any atom is 0.192 e. The Hall–Kier alpha value is -0.353. The topological polar surface area (TPSA) is 26.3 Å². The molecule has 2 nitrogen and oxygen atoms in total. The summed E-state index contributed by atoms with van der Waals surface area (Å²) in [5.74, 6) is -0.639. The van der Waals surface area contributed by atoms with E-state index >= 15 is 0 Å². The third kappa shape index (κ3) is 5.32. The molecule has 0 aromatic heterocycles. The quantitative estimate of drug-likeness (QED) is 0.440. The lowest BCUT2D eigenvalue weighted by Crippen LogP contribution is -2.44. The molecule has 0 fully saturated rings. The first-order valence-electron chi connectivity index (χ1n) is 7.92. The summed E-state index contributed by atoms with van der Waals surface area (Å²) in [5, 5.41) is 0.0496. The molecule has 1 rings (SSSR count). The molecule has 1 aromatic rings. The molecule has 2 atom stereocenters. The van der Waals surface area contributed by atoms with E-state index < -0.39 is 18.6 Å². The number of rotatable bonds is 6. The van der Waals surface area contributed by atoms with Crippen LogP contribution in [0.1, 0.15) is 46.3 Å². The molecule has 5 heteroatoms. The Morgan fingerprint density at radius 1 is 1.09 bits per heavy atom. The highest BCUT2D eigenvalue weighted by Gasteiger charge is 2.43. The lowest BCUT2D eigenvalue weighted by molar-refractivity contribution is -0.125. The highest BCUT2D eigenvalue weighted by atomic mass is 35.5. The number of hydrogen-bond acceptors (Lipinski definition) is 2. The van der Waals surface area contributed by atoms with E-state index in [9.17, 15) is 4.79 Å². The minimum atomic E-state index is -2.06. The molecule has 1 aromatic carbocycles. The zero-order valence-electron chi connectivity index (χ0n) is 15.1. The third-order valence-electron chi connectivity index (χ3n) is 4.66. The van der Waals surface area contributed by atoms with Crippen molar-refractivity contribution in [2.75, 3.05) is 0 Å². The lowest BCUT2D eigenvalue weighted by atomic mass is 9.92. The van der Waals surface area contributed by atoms with Crippen LogP contribution < -0.4 is 0 Å². The van der Waals surface area contributed by atoms with Gasteiger partial charge in [0, 0.05) is 5.92 Å². The normalized spacial score (nSPS) is 16.0. The molecular weight excluding hydrogens is 347 g/mol. The number of carbonyl (C=O) groups is 1. The van der Waals surface area contributed by atoms with E-state index in [1.54, 1.807) is 0 Å². The van der Waals surface area contributed by atoms with Crippen molar-refractivity contribution in [3.8, 4) is 0 Å². The molecule has 0 aliphatic carbocycles. The molecule has 0 saturated heterocycles. The summed E-state index contributed by atoms with van der Waals surface area (Å²) in [4.78, 5) is 12.6. The van der Waals surface area contributed by atoms with Gasteiger partial charge in [0.25, 0.3) is 0 Å². The van der Waals surface area contributed by atoms with Gasteiger partial charge in [0.15, 0.2) is 18.4 Å². The maximum atomic E-state index is 12.6. The number of benzene rings is 1. The fourth-order valence-electron chi connectivity index (χ4n) is 2.13. The van der Waals surface area contributed by atoms with Crippen LogP contribution in [0.4, 0.5) is 0 Å². The van der Waals surface area contributed by atoms with Crippen LogP contribution in [0.3, 0.4) is 0 Å². The molecule has 0 aliphatic heterocycles. The van der Waals surface area contributed by atoms with Crippen LogP contribution in [0, 0.1) is 5.92 Å². The monoisotopic (exact) mass is 374 g/mol. The van der Waals surface area contributed by atoms with Crippen molar-refractivity contribution < 1.29 is 9.22 Å². The molecule has 23 heavy (non-hydrogen) atoms. The van der Waals surface area contributed by atoms with Crippen molar-refractivity contribution in [1.82, 2.24) is 0 Å². The van der Waals surface area contributed by atoms with Gasteiger partial charge in [-0.15, -0.1) is 0 Å². The molecule has 0 aliphatic rings. The predicted octanol–water partition coefficient (Wildman–Crippen LogP) is 6.15. The summed E-state index contributed by atoms with van der Waals surface area (Å²) < 4.78 is 5.15. The minimum absolute atomic E-state index is 0.0496. The van der Waals surface area contributed by atoms with Crippen LogP contribution in [0.5, 0.6) is 0 Å². The van der Waals surface area contributed by atoms with Gasteiger partial charge in [-0.1, -0.05) is 81.2 Å². The number of alkyl halides is 2. The van der Waals surface area contributed by atoms with Crippen LogP contribution in [-0.2, 0) is 9.22 Å². The zero-order chi connectivity index (χ0) is 18.1. The van der Waals surface area contributed by atoms with Gasteiger partial charge >= 0.3 is 0 Å². The van der Waals surface area contributed by atoms with Crippen LogP contribution in [0.25, 0.3) is 0 Å². The van der Waals surface area contributed by atoms with Gasteiger partial charge in [-0.2, -0.15) is 0 Å². The number of hydrogen-bond donors (Lipinski definition) is 0. The Balaban J connectivity index is 3.22. The molecule has 0 heterocycles. The summed E-state index contributed by atoms with van der Waals surface area (Å²) in [5.41, 5.74) is 0.982. The van der Waals surface area contributed by atoms with E-state index in [1.165, 1.54) is 6.92 Å². The Labute approximate surface area is 151 Å². The molecule has 0 bridgehead atoms. The zero-order valence-corrected chi connectivity index (χ0v) is 17.6. The Morgan fingerprint density at radius 2 is 1.57 bits per heavy atom. The first-order valence-corrected chi connectivity index (χ1v) is 11.6. The molecule has 0 amide bonds. The second kappa shape index (κ2) is 7.26. The van der Waals surface area contributed by atoms with Gasteiger partial charge < -0.3 is 4.43 Å². The molecular formula is C18H28Cl2O2Si. The van der Waals surface area contributed by atoms with E-state index in [-0.39, 0.29) is 16.9 Å². The summed E-state index contributed by atoms with van der Waals surface area (Å²) in [6, 6.07) is 9.83. The molecule has 130 valence electrons. The smallest absolute Gasteiger partial charge is 0.192 e. The number of carbonyl (C=O) groups excluding carboxylic acids is 1. The van der Waals surface area contributed by atoms with Crippen LogP contribution in [-0.4, -0.2) is 18.4 Å². The lowest BCUT2D eigenvalue weighted by Gasteiger charge is -2.41. The van der Waals surface area contributed by atoms with Crippen LogP contribution >= 0.6 is 23.2 Å². The summed E-state index contributed by atoms with van der Waals surface area (Å²) in [7, 11) is -2.06. The van der Waals surface area contributed by atoms with E-state index in [2.05, 4.69) is 33.9 Å². The maximum absolute atomic E-state index is 12.6. The van der Waals surface area contributed by atoms with Gasteiger partial charge in [-0.05, 0) is 30.6 Å². The van der Waals surface area contributed by atoms with Crippen molar-refractivity contribution >= 4 is 37.3 Å². The van der Waals surface area contributed by atoms with Crippen molar-refractivity contribution in [3.05, 3.63) is 35.9 Å². The summed E-state index contributed by atoms with van der Waals surface area (Å²) >= 11 is 12.1. The molecule has 0 radical (unpaired) electrons. The van der Waals surface area contributed by atoms with Crippen LogP contribution in [0.2, 0.25) is 18.1 Å². The summed E-state index contributed by atoms with van der Waals surface area (Å²) in [6.07, 6.45) is -0.346.